The van der Waals surface area contributed by atoms with E-state index in [4.69, 9.17) is 10.2 Å². The van der Waals surface area contributed by atoms with E-state index in [1.807, 2.05) is 4.72 Å². The van der Waals surface area contributed by atoms with E-state index in [1.165, 1.54) is 19.1 Å². The summed E-state index contributed by atoms with van der Waals surface area (Å²) in [6, 6.07) is 3.70. The number of carboxylic acid groups (broad SMARTS) is 2. The van der Waals surface area contributed by atoms with E-state index in [2.05, 4.69) is 0 Å². The number of aromatic carboxylic acids is 1. The van der Waals surface area contributed by atoms with Gasteiger partial charge in [0.1, 0.15) is 6.04 Å². The summed E-state index contributed by atoms with van der Waals surface area (Å²) in [5.74, 6) is -2.72. The fourth-order valence-corrected chi connectivity index (χ4v) is 2.91. The van der Waals surface area contributed by atoms with Gasteiger partial charge in [-0.15, -0.1) is 0 Å². The first kappa shape index (κ1) is 15.1. The van der Waals surface area contributed by atoms with Gasteiger partial charge in [0.25, 0.3) is 0 Å². The van der Waals surface area contributed by atoms with E-state index in [1.54, 1.807) is 0 Å². The second kappa shape index (κ2) is 5.81. The van der Waals surface area contributed by atoms with Crippen LogP contribution in [0.25, 0.3) is 0 Å². The second-order valence-corrected chi connectivity index (χ2v) is 5.40. The Balaban J connectivity index is 3.21. The maximum atomic E-state index is 12.0. The van der Waals surface area contributed by atoms with Crippen LogP contribution in [0.2, 0.25) is 0 Å². The molecule has 0 aliphatic heterocycles. The van der Waals surface area contributed by atoms with Crippen LogP contribution in [0.4, 0.5) is 0 Å². The summed E-state index contributed by atoms with van der Waals surface area (Å²) in [7, 11) is -4.20. The second-order valence-electron chi connectivity index (χ2n) is 3.72. The summed E-state index contributed by atoms with van der Waals surface area (Å²) in [6.45, 7) is 1.50. The zero-order valence-corrected chi connectivity index (χ0v) is 10.8. The number of sulfonamides is 1. The molecule has 0 radical (unpaired) electrons. The van der Waals surface area contributed by atoms with Crippen LogP contribution in [0.5, 0.6) is 0 Å². The summed E-state index contributed by atoms with van der Waals surface area (Å²) in [5.41, 5.74) is -0.407. The lowest BCUT2D eigenvalue weighted by atomic mass is 10.2. The molecule has 0 unspecified atom stereocenters. The molecule has 0 bridgehead atoms. The molecule has 1 aromatic rings. The van der Waals surface area contributed by atoms with Gasteiger partial charge in [-0.05, 0) is 18.6 Å². The average Bonchev–Trinajstić information content (AvgIpc) is 2.35. The molecular formula is C11H13NO6S. The van der Waals surface area contributed by atoms with Crippen molar-refractivity contribution in [3.05, 3.63) is 29.8 Å². The first-order chi connectivity index (χ1) is 8.79. The normalized spacial score (nSPS) is 12.9. The topological polar surface area (TPSA) is 121 Å². The van der Waals surface area contributed by atoms with Crippen molar-refractivity contribution >= 4 is 22.0 Å². The van der Waals surface area contributed by atoms with Gasteiger partial charge in [-0.1, -0.05) is 19.1 Å². The van der Waals surface area contributed by atoms with E-state index in [0.717, 1.165) is 12.1 Å². The number of rotatable bonds is 6. The zero-order valence-electron chi connectivity index (χ0n) is 10.0. The molecule has 0 amide bonds. The molecule has 1 rings (SSSR count). The minimum atomic E-state index is -4.20. The molecular weight excluding hydrogens is 274 g/mol. The van der Waals surface area contributed by atoms with Crippen LogP contribution < -0.4 is 4.72 Å². The Bertz CT molecular complexity index is 595. The van der Waals surface area contributed by atoms with Crippen LogP contribution in [0.1, 0.15) is 23.7 Å². The highest BCUT2D eigenvalue weighted by Gasteiger charge is 2.27. The van der Waals surface area contributed by atoms with E-state index >= 15 is 0 Å². The van der Waals surface area contributed by atoms with Crippen molar-refractivity contribution in [1.29, 1.82) is 0 Å². The lowest BCUT2D eigenvalue weighted by molar-refractivity contribution is -0.139. The van der Waals surface area contributed by atoms with Gasteiger partial charge in [-0.25, -0.2) is 13.2 Å². The quantitative estimate of drug-likeness (QED) is 0.701. The first-order valence-corrected chi connectivity index (χ1v) is 6.85. The van der Waals surface area contributed by atoms with Gasteiger partial charge in [0.05, 0.1) is 10.5 Å². The van der Waals surface area contributed by atoms with E-state index in [-0.39, 0.29) is 6.42 Å². The predicted molar refractivity (Wildman–Crippen MR) is 65.4 cm³/mol. The molecule has 0 aliphatic rings. The van der Waals surface area contributed by atoms with Crippen molar-refractivity contribution in [2.24, 2.45) is 0 Å². The highest BCUT2D eigenvalue weighted by Crippen LogP contribution is 2.16. The van der Waals surface area contributed by atoms with Crippen LogP contribution in [0, 0.1) is 0 Å². The summed E-state index contributed by atoms with van der Waals surface area (Å²) in [4.78, 5) is 21.3. The molecule has 7 nitrogen and oxygen atoms in total. The van der Waals surface area contributed by atoms with Crippen LogP contribution in [0.15, 0.2) is 29.2 Å². The number of hydrogen-bond donors (Lipinski definition) is 3. The van der Waals surface area contributed by atoms with Crippen LogP contribution >= 0.6 is 0 Å². The summed E-state index contributed by atoms with van der Waals surface area (Å²) in [6.07, 6.45) is 0.0454. The summed E-state index contributed by atoms with van der Waals surface area (Å²) < 4.78 is 26.0. The molecule has 0 aliphatic carbocycles. The number of benzene rings is 1. The molecule has 1 aromatic carbocycles. The third-order valence-electron chi connectivity index (χ3n) is 2.41. The molecule has 0 aromatic heterocycles. The average molecular weight is 287 g/mol. The Hall–Kier alpha value is -1.93. The van der Waals surface area contributed by atoms with Crippen LogP contribution in [-0.2, 0) is 14.8 Å². The minimum Gasteiger partial charge on any atom is -0.480 e. The van der Waals surface area contributed by atoms with Gasteiger partial charge in [-0.2, -0.15) is 4.72 Å². The van der Waals surface area contributed by atoms with Gasteiger partial charge >= 0.3 is 11.9 Å². The third kappa shape index (κ3) is 3.52. The van der Waals surface area contributed by atoms with Crippen molar-refractivity contribution in [2.45, 2.75) is 24.3 Å². The first-order valence-electron chi connectivity index (χ1n) is 5.37. The minimum absolute atomic E-state index is 0.0454. The molecule has 0 fully saturated rings. The molecule has 19 heavy (non-hydrogen) atoms. The Morgan fingerprint density at radius 2 is 1.84 bits per heavy atom. The Morgan fingerprint density at radius 3 is 2.32 bits per heavy atom. The molecule has 8 heteroatoms. The van der Waals surface area contributed by atoms with Gasteiger partial charge in [-0.3, -0.25) is 4.79 Å². The zero-order chi connectivity index (χ0) is 14.6. The Kier molecular flexibility index (Phi) is 4.62. The van der Waals surface area contributed by atoms with Gasteiger partial charge < -0.3 is 10.2 Å². The number of nitrogens with one attached hydrogen (secondary N) is 1. The molecule has 0 heterocycles. The van der Waals surface area contributed by atoms with Crippen LogP contribution in [-0.4, -0.2) is 36.6 Å². The monoisotopic (exact) mass is 287 g/mol. The number of hydrogen-bond acceptors (Lipinski definition) is 4. The van der Waals surface area contributed by atoms with Gasteiger partial charge in [0.15, 0.2) is 0 Å². The van der Waals surface area contributed by atoms with E-state index in [0.29, 0.717) is 0 Å². The van der Waals surface area contributed by atoms with E-state index < -0.39 is 38.5 Å². The summed E-state index contributed by atoms with van der Waals surface area (Å²) >= 11 is 0. The lowest BCUT2D eigenvalue weighted by Crippen LogP contribution is -2.40. The molecule has 3 N–H and O–H groups in total. The van der Waals surface area contributed by atoms with Crippen molar-refractivity contribution in [1.82, 2.24) is 4.72 Å². The van der Waals surface area contributed by atoms with Crippen LogP contribution in [0.3, 0.4) is 0 Å². The predicted octanol–water partition coefficient (Wildman–Crippen LogP) is 0.526. The maximum absolute atomic E-state index is 12.0. The van der Waals surface area contributed by atoms with Gasteiger partial charge in [0, 0.05) is 0 Å². The van der Waals surface area contributed by atoms with Gasteiger partial charge in [0.2, 0.25) is 10.0 Å². The van der Waals surface area contributed by atoms with E-state index in [9.17, 15) is 18.0 Å². The number of carboxylic acids is 2. The molecule has 0 spiro atoms. The third-order valence-corrected chi connectivity index (χ3v) is 3.94. The number of aliphatic carboxylic acids is 1. The highest BCUT2D eigenvalue weighted by atomic mass is 32.2. The fourth-order valence-electron chi connectivity index (χ4n) is 1.44. The fraction of sp³-hybridized carbons (Fsp3) is 0.273. The van der Waals surface area contributed by atoms with Crippen molar-refractivity contribution in [3.63, 3.8) is 0 Å². The van der Waals surface area contributed by atoms with Crippen molar-refractivity contribution < 1.29 is 28.2 Å². The number of carbonyl (C=O) groups is 2. The highest BCUT2D eigenvalue weighted by molar-refractivity contribution is 7.89. The molecule has 0 saturated heterocycles. The summed E-state index contributed by atoms with van der Waals surface area (Å²) in [5, 5.41) is 17.7. The smallest absolute Gasteiger partial charge is 0.337 e. The standard InChI is InChI=1S/C11H13NO6S/c1-2-8(11(15)16)12-19(17,18)9-6-4-3-5-7(9)10(13)14/h3-6,8,12H,2H2,1H3,(H,13,14)(H,15,16)/t8-/m1/s1. The molecule has 104 valence electrons. The molecule has 1 atom stereocenters. The molecule has 0 saturated carbocycles. The lowest BCUT2D eigenvalue weighted by Gasteiger charge is -2.14. The van der Waals surface area contributed by atoms with Crippen molar-refractivity contribution in [2.75, 3.05) is 0 Å². The Morgan fingerprint density at radius 1 is 1.26 bits per heavy atom. The maximum Gasteiger partial charge on any atom is 0.337 e. The van der Waals surface area contributed by atoms with Crippen molar-refractivity contribution in [3.8, 4) is 0 Å². The largest absolute Gasteiger partial charge is 0.480 e. The SMILES string of the molecule is CC[C@@H](NS(=O)(=O)c1ccccc1C(=O)O)C(=O)O. The Labute approximate surface area is 109 Å².